The molecule has 0 radical (unpaired) electrons. The third kappa shape index (κ3) is 4.23. The number of H-pyrrole nitrogens is 1. The highest BCUT2D eigenvalue weighted by Gasteiger charge is 2.33. The number of sulfonamides is 1. The van der Waals surface area contributed by atoms with Crippen LogP contribution in [0.3, 0.4) is 0 Å². The molecule has 1 fully saturated rings. The summed E-state index contributed by atoms with van der Waals surface area (Å²) in [6, 6.07) is 5.31. The highest BCUT2D eigenvalue weighted by Crippen LogP contribution is 2.32. The molecule has 2 heterocycles. The topological polar surface area (TPSA) is 109 Å². The van der Waals surface area contributed by atoms with Crippen molar-refractivity contribution in [1.29, 1.82) is 0 Å². The number of rotatable bonds is 5. The maximum atomic E-state index is 13.5. The predicted octanol–water partition coefficient (Wildman–Crippen LogP) is 2.59. The van der Waals surface area contributed by atoms with Gasteiger partial charge in [0.05, 0.1) is 23.1 Å². The minimum atomic E-state index is -3.73. The Balaban J connectivity index is 1.64. The molecule has 9 heteroatoms. The van der Waals surface area contributed by atoms with Gasteiger partial charge in [-0.05, 0) is 69.6 Å². The second kappa shape index (κ2) is 9.15. The standard InChI is InChI=1S/C23H29N3O5S/c1-3-31-23(28)16-10-12-26(13-11-16)32(29,30)20-14-17(9-8-15(20)2)21-18-6-4-5-7-19(18)22(27)25-24-21/h8-9,14,16H,3-7,10-13H2,1-2H3,(H,25,27). The summed E-state index contributed by atoms with van der Waals surface area (Å²) in [5, 5.41) is 6.86. The largest absolute Gasteiger partial charge is 0.466 e. The van der Waals surface area contributed by atoms with E-state index >= 15 is 0 Å². The summed E-state index contributed by atoms with van der Waals surface area (Å²) < 4.78 is 33.5. The molecule has 1 N–H and O–H groups in total. The number of piperidine rings is 1. The molecule has 0 unspecified atom stereocenters. The van der Waals surface area contributed by atoms with Crippen LogP contribution in [-0.4, -0.2) is 48.6 Å². The van der Waals surface area contributed by atoms with E-state index in [2.05, 4.69) is 10.2 Å². The van der Waals surface area contributed by atoms with Crippen molar-refractivity contribution >= 4 is 16.0 Å². The fourth-order valence-electron chi connectivity index (χ4n) is 4.65. The predicted molar refractivity (Wildman–Crippen MR) is 120 cm³/mol. The lowest BCUT2D eigenvalue weighted by Gasteiger charge is -2.30. The number of nitrogens with zero attached hydrogens (tertiary/aromatic N) is 2. The van der Waals surface area contributed by atoms with Crippen LogP contribution in [0.25, 0.3) is 11.3 Å². The Morgan fingerprint density at radius 1 is 1.19 bits per heavy atom. The van der Waals surface area contributed by atoms with Gasteiger partial charge < -0.3 is 4.74 Å². The molecular formula is C23H29N3O5S. The van der Waals surface area contributed by atoms with Crippen LogP contribution >= 0.6 is 0 Å². The van der Waals surface area contributed by atoms with E-state index in [1.165, 1.54) is 4.31 Å². The Morgan fingerprint density at radius 2 is 1.88 bits per heavy atom. The molecule has 0 atom stereocenters. The summed E-state index contributed by atoms with van der Waals surface area (Å²) in [4.78, 5) is 24.4. The third-order valence-electron chi connectivity index (χ3n) is 6.45. The van der Waals surface area contributed by atoms with Crippen molar-refractivity contribution in [3.63, 3.8) is 0 Å². The lowest BCUT2D eigenvalue weighted by atomic mass is 9.90. The van der Waals surface area contributed by atoms with Gasteiger partial charge in [-0.25, -0.2) is 13.5 Å². The number of ether oxygens (including phenoxy) is 1. The van der Waals surface area contributed by atoms with E-state index in [1.54, 1.807) is 26.0 Å². The maximum Gasteiger partial charge on any atom is 0.309 e. The van der Waals surface area contributed by atoms with Crippen LogP contribution in [0, 0.1) is 12.8 Å². The molecule has 172 valence electrons. The number of nitrogens with one attached hydrogen (secondary N) is 1. The summed E-state index contributed by atoms with van der Waals surface area (Å²) >= 11 is 0. The average molecular weight is 460 g/mol. The fraction of sp³-hybridized carbons (Fsp3) is 0.522. The molecule has 1 saturated heterocycles. The molecule has 32 heavy (non-hydrogen) atoms. The van der Waals surface area contributed by atoms with Crippen molar-refractivity contribution in [2.45, 2.75) is 57.3 Å². The number of esters is 1. The van der Waals surface area contributed by atoms with E-state index in [4.69, 9.17) is 4.74 Å². The summed E-state index contributed by atoms with van der Waals surface area (Å²) in [5.74, 6) is -0.512. The van der Waals surface area contributed by atoms with Gasteiger partial charge in [0.25, 0.3) is 5.56 Å². The van der Waals surface area contributed by atoms with Crippen LogP contribution in [-0.2, 0) is 32.4 Å². The number of aryl methyl sites for hydroxylation is 1. The first kappa shape index (κ1) is 22.7. The van der Waals surface area contributed by atoms with E-state index < -0.39 is 10.0 Å². The number of carbonyl (C=O) groups is 1. The minimum Gasteiger partial charge on any atom is -0.466 e. The second-order valence-electron chi connectivity index (χ2n) is 8.48. The van der Waals surface area contributed by atoms with Crippen LogP contribution in [0.5, 0.6) is 0 Å². The summed E-state index contributed by atoms with van der Waals surface area (Å²) in [7, 11) is -3.73. The molecule has 2 aliphatic rings. The monoisotopic (exact) mass is 459 g/mol. The number of benzene rings is 1. The molecule has 1 aliphatic carbocycles. The van der Waals surface area contributed by atoms with E-state index in [9.17, 15) is 18.0 Å². The number of carbonyl (C=O) groups excluding carboxylic acids is 1. The molecule has 0 bridgehead atoms. The van der Waals surface area contributed by atoms with E-state index in [1.807, 2.05) is 6.07 Å². The van der Waals surface area contributed by atoms with E-state index in [-0.39, 0.29) is 35.4 Å². The van der Waals surface area contributed by atoms with Crippen molar-refractivity contribution in [1.82, 2.24) is 14.5 Å². The fourth-order valence-corrected chi connectivity index (χ4v) is 6.37. The van der Waals surface area contributed by atoms with Crippen molar-refractivity contribution in [3.8, 4) is 11.3 Å². The number of fused-ring (bicyclic) bond motifs is 1. The summed E-state index contributed by atoms with van der Waals surface area (Å²) in [5.41, 5.74) is 3.50. The lowest BCUT2D eigenvalue weighted by molar-refractivity contribution is -0.149. The molecule has 1 aliphatic heterocycles. The highest BCUT2D eigenvalue weighted by atomic mass is 32.2. The number of hydrogen-bond acceptors (Lipinski definition) is 6. The zero-order valence-electron chi connectivity index (χ0n) is 18.5. The van der Waals surface area contributed by atoms with Gasteiger partial charge in [0, 0.05) is 24.2 Å². The minimum absolute atomic E-state index is 0.159. The normalized spacial score (nSPS) is 17.7. The zero-order valence-corrected chi connectivity index (χ0v) is 19.3. The van der Waals surface area contributed by atoms with Crippen LogP contribution in [0.15, 0.2) is 27.9 Å². The lowest BCUT2D eigenvalue weighted by Crippen LogP contribution is -2.40. The molecule has 2 aromatic rings. The zero-order chi connectivity index (χ0) is 22.9. The van der Waals surface area contributed by atoms with E-state index in [0.29, 0.717) is 42.7 Å². The third-order valence-corrected chi connectivity index (χ3v) is 8.49. The average Bonchev–Trinajstić information content (AvgIpc) is 2.80. The Hall–Kier alpha value is -2.52. The first-order valence-corrected chi connectivity index (χ1v) is 12.6. The van der Waals surface area contributed by atoms with Crippen molar-refractivity contribution in [3.05, 3.63) is 45.2 Å². The van der Waals surface area contributed by atoms with Gasteiger partial charge in [0.15, 0.2) is 0 Å². The van der Waals surface area contributed by atoms with Gasteiger partial charge in [0.1, 0.15) is 0 Å². The van der Waals surface area contributed by atoms with E-state index in [0.717, 1.165) is 30.4 Å². The Morgan fingerprint density at radius 3 is 2.56 bits per heavy atom. The molecule has 0 saturated carbocycles. The van der Waals surface area contributed by atoms with Gasteiger partial charge in [0.2, 0.25) is 10.0 Å². The quantitative estimate of drug-likeness (QED) is 0.689. The highest BCUT2D eigenvalue weighted by molar-refractivity contribution is 7.89. The van der Waals surface area contributed by atoms with Crippen LogP contribution < -0.4 is 5.56 Å². The van der Waals surface area contributed by atoms with Crippen molar-refractivity contribution < 1.29 is 17.9 Å². The molecular weight excluding hydrogens is 430 g/mol. The molecule has 1 aromatic carbocycles. The van der Waals surface area contributed by atoms with Gasteiger partial charge in [-0.1, -0.05) is 12.1 Å². The summed E-state index contributed by atoms with van der Waals surface area (Å²) in [6.07, 6.45) is 4.33. The van der Waals surface area contributed by atoms with Gasteiger partial charge in [-0.2, -0.15) is 9.40 Å². The van der Waals surface area contributed by atoms with Gasteiger partial charge >= 0.3 is 5.97 Å². The van der Waals surface area contributed by atoms with Crippen LogP contribution in [0.1, 0.15) is 49.3 Å². The molecule has 4 rings (SSSR count). The Kier molecular flexibility index (Phi) is 6.48. The maximum absolute atomic E-state index is 13.5. The smallest absolute Gasteiger partial charge is 0.309 e. The molecule has 0 amide bonds. The SMILES string of the molecule is CCOC(=O)C1CCN(S(=O)(=O)c2cc(-c3n[nH]c(=O)c4c3CCCC4)ccc2C)CC1. The Labute approximate surface area is 188 Å². The second-order valence-corrected chi connectivity index (χ2v) is 10.4. The van der Waals surface area contributed by atoms with Crippen molar-refractivity contribution in [2.24, 2.45) is 5.92 Å². The number of hydrogen-bond donors (Lipinski definition) is 1. The van der Waals surface area contributed by atoms with Crippen LogP contribution in [0.2, 0.25) is 0 Å². The number of aromatic nitrogens is 2. The molecule has 1 aromatic heterocycles. The van der Waals surface area contributed by atoms with Gasteiger partial charge in [-0.15, -0.1) is 0 Å². The first-order chi connectivity index (χ1) is 15.3. The molecule has 8 nitrogen and oxygen atoms in total. The molecule has 0 spiro atoms. The summed E-state index contributed by atoms with van der Waals surface area (Å²) in [6.45, 7) is 4.43. The van der Waals surface area contributed by atoms with Gasteiger partial charge in [-0.3, -0.25) is 9.59 Å². The van der Waals surface area contributed by atoms with Crippen LogP contribution in [0.4, 0.5) is 0 Å². The number of aromatic amines is 1. The Bertz CT molecular complexity index is 1180. The van der Waals surface area contributed by atoms with Crippen molar-refractivity contribution in [2.75, 3.05) is 19.7 Å². The first-order valence-electron chi connectivity index (χ1n) is 11.2.